The first-order chi connectivity index (χ1) is 13.3. The topological polar surface area (TPSA) is 78.8 Å². The Balaban J connectivity index is 1.85. The van der Waals surface area contributed by atoms with Crippen LogP contribution in [-0.2, 0) is 16.1 Å². The predicted molar refractivity (Wildman–Crippen MR) is 101 cm³/mol. The van der Waals surface area contributed by atoms with Crippen LogP contribution in [0.4, 0.5) is 0 Å². The van der Waals surface area contributed by atoms with Gasteiger partial charge in [0.15, 0.2) is 0 Å². The van der Waals surface area contributed by atoms with Crippen molar-refractivity contribution < 1.29 is 14.6 Å². The smallest absolute Gasteiger partial charge is 0.244 e. The summed E-state index contributed by atoms with van der Waals surface area (Å²) in [6, 6.07) is 7.22. The number of aromatic nitrogens is 2. The molecule has 3 heterocycles. The molecule has 0 bridgehead atoms. The average Bonchev–Trinajstić information content (AvgIpc) is 2.73. The number of ether oxygens (including phenoxy) is 1. The van der Waals surface area contributed by atoms with Gasteiger partial charge in [-0.3, -0.25) is 19.7 Å². The predicted octanol–water partition coefficient (Wildman–Crippen LogP) is 1.26. The highest BCUT2D eigenvalue weighted by molar-refractivity contribution is 5.83. The summed E-state index contributed by atoms with van der Waals surface area (Å²) in [4.78, 5) is 25.8. The quantitative estimate of drug-likeness (QED) is 0.754. The number of pyridine rings is 2. The molecule has 0 unspecified atom stereocenters. The minimum atomic E-state index is -0.400. The number of carbonyl (C=O) groups excluding carboxylic acids is 1. The zero-order valence-electron chi connectivity index (χ0n) is 15.4. The SMILES string of the molecule is O=C([C@@H](c1cccnc1)N1CCOCC1)N(CCCO)Cc1ccncc1. The first kappa shape index (κ1) is 19.4. The van der Waals surface area contributed by atoms with Crippen LogP contribution in [0.2, 0.25) is 0 Å². The number of rotatable bonds is 8. The summed E-state index contributed by atoms with van der Waals surface area (Å²) in [6.07, 6.45) is 7.47. The fraction of sp³-hybridized carbons (Fsp3) is 0.450. The normalized spacial score (nSPS) is 16.0. The third-order valence-corrected chi connectivity index (χ3v) is 4.67. The summed E-state index contributed by atoms with van der Waals surface area (Å²) in [5.74, 6) is 0.0233. The van der Waals surface area contributed by atoms with Crippen molar-refractivity contribution in [1.82, 2.24) is 19.8 Å². The molecule has 1 N–H and O–H groups in total. The van der Waals surface area contributed by atoms with Crippen molar-refractivity contribution in [3.8, 4) is 0 Å². The van der Waals surface area contributed by atoms with E-state index in [1.165, 1.54) is 0 Å². The van der Waals surface area contributed by atoms with Crippen LogP contribution >= 0.6 is 0 Å². The van der Waals surface area contributed by atoms with Gasteiger partial charge in [-0.15, -0.1) is 0 Å². The minimum Gasteiger partial charge on any atom is -0.396 e. The third-order valence-electron chi connectivity index (χ3n) is 4.67. The number of nitrogens with zero attached hydrogens (tertiary/aromatic N) is 4. The third kappa shape index (κ3) is 5.32. The lowest BCUT2D eigenvalue weighted by Gasteiger charge is -2.36. The van der Waals surface area contributed by atoms with E-state index in [-0.39, 0.29) is 12.5 Å². The van der Waals surface area contributed by atoms with Gasteiger partial charge in [-0.2, -0.15) is 0 Å². The van der Waals surface area contributed by atoms with Gasteiger partial charge in [-0.05, 0) is 35.7 Å². The molecule has 1 saturated heterocycles. The lowest BCUT2D eigenvalue weighted by atomic mass is 10.0. The van der Waals surface area contributed by atoms with Gasteiger partial charge in [0.1, 0.15) is 6.04 Å². The summed E-state index contributed by atoms with van der Waals surface area (Å²) in [6.45, 7) is 3.68. The Morgan fingerprint density at radius 3 is 2.63 bits per heavy atom. The fourth-order valence-electron chi connectivity index (χ4n) is 3.29. The lowest BCUT2D eigenvalue weighted by molar-refractivity contribution is -0.140. The van der Waals surface area contributed by atoms with Gasteiger partial charge in [0.25, 0.3) is 0 Å². The van der Waals surface area contributed by atoms with E-state index >= 15 is 0 Å². The molecule has 7 heteroatoms. The van der Waals surface area contributed by atoms with Gasteiger partial charge in [-0.25, -0.2) is 0 Å². The Morgan fingerprint density at radius 1 is 1.19 bits per heavy atom. The second-order valence-corrected chi connectivity index (χ2v) is 6.53. The van der Waals surface area contributed by atoms with Crippen LogP contribution in [0.25, 0.3) is 0 Å². The molecule has 2 aromatic heterocycles. The molecule has 1 fully saturated rings. The zero-order valence-corrected chi connectivity index (χ0v) is 15.4. The maximum Gasteiger partial charge on any atom is 0.244 e. The number of carbonyl (C=O) groups is 1. The average molecular weight is 370 g/mol. The maximum absolute atomic E-state index is 13.6. The number of morpholine rings is 1. The second-order valence-electron chi connectivity index (χ2n) is 6.53. The summed E-state index contributed by atoms with van der Waals surface area (Å²) in [7, 11) is 0. The molecule has 0 aliphatic carbocycles. The van der Waals surface area contributed by atoms with E-state index in [0.29, 0.717) is 45.8 Å². The molecule has 0 spiro atoms. The zero-order chi connectivity index (χ0) is 18.9. The van der Waals surface area contributed by atoms with Crippen molar-refractivity contribution in [2.45, 2.75) is 19.0 Å². The molecule has 27 heavy (non-hydrogen) atoms. The van der Waals surface area contributed by atoms with Crippen molar-refractivity contribution in [3.05, 3.63) is 60.2 Å². The molecule has 0 saturated carbocycles. The van der Waals surface area contributed by atoms with Gasteiger partial charge in [0, 0.05) is 57.6 Å². The largest absolute Gasteiger partial charge is 0.396 e. The standard InChI is InChI=1S/C20H26N4O3/c25-12-2-9-24(16-17-4-7-21-8-5-17)20(26)19(18-3-1-6-22-15-18)23-10-13-27-14-11-23/h1,3-8,15,19,25H,2,9-14,16H2/t19-/m1/s1. The number of aliphatic hydroxyl groups excluding tert-OH is 1. The molecule has 3 rings (SSSR count). The lowest BCUT2D eigenvalue weighted by Crippen LogP contribution is -2.47. The highest BCUT2D eigenvalue weighted by atomic mass is 16.5. The molecule has 1 atom stereocenters. The Labute approximate surface area is 159 Å². The summed E-state index contributed by atoms with van der Waals surface area (Å²) < 4.78 is 5.46. The van der Waals surface area contributed by atoms with Crippen LogP contribution in [-0.4, -0.2) is 70.2 Å². The minimum absolute atomic E-state index is 0.0233. The van der Waals surface area contributed by atoms with E-state index in [1.54, 1.807) is 24.8 Å². The second kappa shape index (κ2) is 10.1. The number of hydrogen-bond acceptors (Lipinski definition) is 6. The Kier molecular flexibility index (Phi) is 7.27. The molecule has 0 aromatic carbocycles. The van der Waals surface area contributed by atoms with Gasteiger partial charge in [0.05, 0.1) is 13.2 Å². The van der Waals surface area contributed by atoms with Crippen LogP contribution in [0.15, 0.2) is 49.1 Å². The van der Waals surface area contributed by atoms with E-state index in [4.69, 9.17) is 4.74 Å². The van der Waals surface area contributed by atoms with Crippen molar-refractivity contribution in [1.29, 1.82) is 0 Å². The van der Waals surface area contributed by atoms with Gasteiger partial charge in [0.2, 0.25) is 5.91 Å². The van der Waals surface area contributed by atoms with E-state index < -0.39 is 6.04 Å². The van der Waals surface area contributed by atoms with Crippen LogP contribution in [0.1, 0.15) is 23.6 Å². The van der Waals surface area contributed by atoms with Gasteiger partial charge >= 0.3 is 0 Å². The summed E-state index contributed by atoms with van der Waals surface area (Å²) in [5, 5.41) is 9.28. The monoisotopic (exact) mass is 370 g/mol. The maximum atomic E-state index is 13.6. The van der Waals surface area contributed by atoms with E-state index in [1.807, 2.05) is 29.2 Å². The molecule has 144 valence electrons. The number of amides is 1. The first-order valence-electron chi connectivity index (χ1n) is 9.30. The first-order valence-corrected chi connectivity index (χ1v) is 9.30. The van der Waals surface area contributed by atoms with Gasteiger partial charge < -0.3 is 14.7 Å². The number of aliphatic hydroxyl groups is 1. The molecule has 2 aromatic rings. The van der Waals surface area contributed by atoms with Crippen molar-refractivity contribution in [3.63, 3.8) is 0 Å². The Hall–Kier alpha value is -2.35. The van der Waals surface area contributed by atoms with Crippen LogP contribution in [0.5, 0.6) is 0 Å². The molecule has 1 amide bonds. The highest BCUT2D eigenvalue weighted by Crippen LogP contribution is 2.25. The summed E-state index contributed by atoms with van der Waals surface area (Å²) in [5.41, 5.74) is 1.90. The molecule has 0 radical (unpaired) electrons. The van der Waals surface area contributed by atoms with E-state index in [0.717, 1.165) is 11.1 Å². The molecule has 7 nitrogen and oxygen atoms in total. The highest BCUT2D eigenvalue weighted by Gasteiger charge is 2.32. The van der Waals surface area contributed by atoms with Crippen molar-refractivity contribution in [2.24, 2.45) is 0 Å². The fourth-order valence-corrected chi connectivity index (χ4v) is 3.29. The van der Waals surface area contributed by atoms with Crippen LogP contribution in [0.3, 0.4) is 0 Å². The molecular weight excluding hydrogens is 344 g/mol. The van der Waals surface area contributed by atoms with E-state index in [2.05, 4.69) is 14.9 Å². The van der Waals surface area contributed by atoms with E-state index in [9.17, 15) is 9.90 Å². The van der Waals surface area contributed by atoms with Crippen molar-refractivity contribution in [2.75, 3.05) is 39.5 Å². The van der Waals surface area contributed by atoms with Crippen molar-refractivity contribution >= 4 is 5.91 Å². The van der Waals surface area contributed by atoms with Gasteiger partial charge in [-0.1, -0.05) is 6.07 Å². The van der Waals surface area contributed by atoms with Crippen LogP contribution < -0.4 is 0 Å². The molecule has 1 aliphatic rings. The molecular formula is C20H26N4O3. The molecule has 1 aliphatic heterocycles. The number of hydrogen-bond donors (Lipinski definition) is 1. The Bertz CT molecular complexity index is 693. The Morgan fingerprint density at radius 2 is 1.96 bits per heavy atom. The summed E-state index contributed by atoms with van der Waals surface area (Å²) >= 11 is 0. The van der Waals surface area contributed by atoms with Crippen LogP contribution in [0, 0.1) is 0 Å².